The Morgan fingerprint density at radius 3 is 3.00 bits per heavy atom. The zero-order valence-corrected chi connectivity index (χ0v) is 12.2. The molecule has 3 heteroatoms. The van der Waals surface area contributed by atoms with Crippen LogP contribution in [0.3, 0.4) is 0 Å². The van der Waals surface area contributed by atoms with E-state index in [0.717, 1.165) is 19.6 Å². The van der Waals surface area contributed by atoms with Crippen LogP contribution in [0.4, 0.5) is 0 Å². The molecule has 1 aromatic carbocycles. The molecule has 1 heterocycles. The highest BCUT2D eigenvalue weighted by atomic mass is 79.9. The molecule has 1 aliphatic rings. The normalized spacial score (nSPS) is 26.8. The molecule has 0 amide bonds. The van der Waals surface area contributed by atoms with Crippen LogP contribution in [0.25, 0.3) is 0 Å². The molecule has 2 rings (SSSR count). The third kappa shape index (κ3) is 3.80. The van der Waals surface area contributed by atoms with Gasteiger partial charge in [-0.1, -0.05) is 28.1 Å². The van der Waals surface area contributed by atoms with E-state index in [4.69, 9.17) is 0 Å². The zero-order valence-electron chi connectivity index (χ0n) is 10.6. The highest BCUT2D eigenvalue weighted by Crippen LogP contribution is 2.17. The van der Waals surface area contributed by atoms with Crippen molar-refractivity contribution in [3.05, 3.63) is 34.3 Å². The second-order valence-corrected chi connectivity index (χ2v) is 5.97. The van der Waals surface area contributed by atoms with Gasteiger partial charge in [0, 0.05) is 29.6 Å². The summed E-state index contributed by atoms with van der Waals surface area (Å²) >= 11 is 3.54. The Labute approximate surface area is 113 Å². The van der Waals surface area contributed by atoms with Gasteiger partial charge in [0.2, 0.25) is 0 Å². The molecule has 0 aromatic heterocycles. The van der Waals surface area contributed by atoms with Gasteiger partial charge in [0.25, 0.3) is 0 Å². The molecule has 1 aliphatic heterocycles. The highest BCUT2D eigenvalue weighted by molar-refractivity contribution is 9.10. The monoisotopic (exact) mass is 296 g/mol. The molecule has 17 heavy (non-hydrogen) atoms. The lowest BCUT2D eigenvalue weighted by molar-refractivity contribution is 0.199. The first-order valence-corrected chi connectivity index (χ1v) is 7.16. The van der Waals surface area contributed by atoms with Crippen LogP contribution in [0.15, 0.2) is 28.7 Å². The maximum atomic E-state index is 3.55. The number of rotatable bonds is 2. The molecule has 0 saturated carbocycles. The van der Waals surface area contributed by atoms with Crippen molar-refractivity contribution in [3.8, 4) is 0 Å². The van der Waals surface area contributed by atoms with Gasteiger partial charge in [0.05, 0.1) is 0 Å². The number of hydrogen-bond acceptors (Lipinski definition) is 2. The van der Waals surface area contributed by atoms with Gasteiger partial charge < -0.3 is 5.32 Å². The van der Waals surface area contributed by atoms with Crippen molar-refractivity contribution in [2.75, 3.05) is 13.1 Å². The summed E-state index contributed by atoms with van der Waals surface area (Å²) in [6.07, 6.45) is 1.23. The summed E-state index contributed by atoms with van der Waals surface area (Å²) in [4.78, 5) is 2.58. The molecule has 1 aromatic rings. The van der Waals surface area contributed by atoms with E-state index in [1.807, 2.05) is 0 Å². The summed E-state index contributed by atoms with van der Waals surface area (Å²) < 4.78 is 1.17. The average molecular weight is 297 g/mol. The summed E-state index contributed by atoms with van der Waals surface area (Å²) in [6.45, 7) is 7.92. The number of hydrogen-bond donors (Lipinski definition) is 1. The third-order valence-electron chi connectivity index (χ3n) is 3.46. The first-order chi connectivity index (χ1) is 8.15. The Kier molecular flexibility index (Phi) is 4.60. The number of halogens is 1. The van der Waals surface area contributed by atoms with Crippen molar-refractivity contribution in [2.24, 2.45) is 0 Å². The second kappa shape index (κ2) is 5.98. The van der Waals surface area contributed by atoms with Crippen LogP contribution >= 0.6 is 15.9 Å². The number of nitrogens with one attached hydrogen (secondary N) is 1. The largest absolute Gasteiger partial charge is 0.313 e. The van der Waals surface area contributed by atoms with Gasteiger partial charge in [-0.05, 0) is 44.5 Å². The fourth-order valence-corrected chi connectivity index (χ4v) is 2.85. The van der Waals surface area contributed by atoms with Crippen LogP contribution in [0.5, 0.6) is 0 Å². The van der Waals surface area contributed by atoms with Crippen LogP contribution in [-0.4, -0.2) is 30.1 Å². The Morgan fingerprint density at radius 2 is 2.24 bits per heavy atom. The Morgan fingerprint density at radius 1 is 1.41 bits per heavy atom. The van der Waals surface area contributed by atoms with E-state index >= 15 is 0 Å². The van der Waals surface area contributed by atoms with E-state index in [1.165, 1.54) is 16.5 Å². The standard InChI is InChI=1S/C14H21BrN2/c1-11-9-17(12(2)6-7-16-11)10-13-4-3-5-14(15)8-13/h3-5,8,11-12,16H,6-7,9-10H2,1-2H3. The summed E-state index contributed by atoms with van der Waals surface area (Å²) in [5.74, 6) is 0. The first-order valence-electron chi connectivity index (χ1n) is 6.37. The van der Waals surface area contributed by atoms with Gasteiger partial charge in [-0.2, -0.15) is 0 Å². The summed E-state index contributed by atoms with van der Waals surface area (Å²) in [7, 11) is 0. The molecule has 0 bridgehead atoms. The summed E-state index contributed by atoms with van der Waals surface area (Å²) in [5.41, 5.74) is 1.39. The van der Waals surface area contributed by atoms with Gasteiger partial charge >= 0.3 is 0 Å². The Balaban J connectivity index is 2.05. The molecular formula is C14H21BrN2. The highest BCUT2D eigenvalue weighted by Gasteiger charge is 2.20. The maximum Gasteiger partial charge on any atom is 0.0237 e. The molecule has 94 valence electrons. The zero-order chi connectivity index (χ0) is 12.3. The molecule has 1 saturated heterocycles. The Bertz CT molecular complexity index is 367. The van der Waals surface area contributed by atoms with Crippen molar-refractivity contribution in [1.82, 2.24) is 10.2 Å². The second-order valence-electron chi connectivity index (χ2n) is 5.05. The Hall–Kier alpha value is -0.380. The van der Waals surface area contributed by atoms with E-state index in [2.05, 4.69) is 64.3 Å². The fourth-order valence-electron chi connectivity index (χ4n) is 2.41. The van der Waals surface area contributed by atoms with Gasteiger partial charge in [0.15, 0.2) is 0 Å². The van der Waals surface area contributed by atoms with Crippen molar-refractivity contribution >= 4 is 15.9 Å². The minimum absolute atomic E-state index is 0.590. The topological polar surface area (TPSA) is 15.3 Å². The molecule has 1 N–H and O–H groups in total. The van der Waals surface area contributed by atoms with Gasteiger partial charge in [-0.15, -0.1) is 0 Å². The fraction of sp³-hybridized carbons (Fsp3) is 0.571. The molecule has 2 unspecified atom stereocenters. The van der Waals surface area contributed by atoms with Crippen molar-refractivity contribution in [3.63, 3.8) is 0 Å². The van der Waals surface area contributed by atoms with Crippen molar-refractivity contribution < 1.29 is 0 Å². The smallest absolute Gasteiger partial charge is 0.0237 e. The molecule has 0 aliphatic carbocycles. The molecule has 2 atom stereocenters. The van der Waals surface area contributed by atoms with E-state index in [9.17, 15) is 0 Å². The van der Waals surface area contributed by atoms with Crippen LogP contribution in [0.1, 0.15) is 25.8 Å². The van der Waals surface area contributed by atoms with Crippen molar-refractivity contribution in [2.45, 2.75) is 38.9 Å². The van der Waals surface area contributed by atoms with Crippen LogP contribution in [0, 0.1) is 0 Å². The predicted octanol–water partition coefficient (Wildman–Crippen LogP) is 3.02. The van der Waals surface area contributed by atoms with E-state index in [0.29, 0.717) is 12.1 Å². The molecule has 0 radical (unpaired) electrons. The number of benzene rings is 1. The summed E-state index contributed by atoms with van der Waals surface area (Å²) in [5, 5.41) is 3.55. The van der Waals surface area contributed by atoms with E-state index in [-0.39, 0.29) is 0 Å². The lowest BCUT2D eigenvalue weighted by Gasteiger charge is -2.28. The SMILES string of the molecule is CC1CN(Cc2cccc(Br)c2)C(C)CCN1. The van der Waals surface area contributed by atoms with Gasteiger partial charge in [-0.25, -0.2) is 0 Å². The van der Waals surface area contributed by atoms with Gasteiger partial charge in [0.1, 0.15) is 0 Å². The molecular weight excluding hydrogens is 276 g/mol. The van der Waals surface area contributed by atoms with Crippen LogP contribution < -0.4 is 5.32 Å². The predicted molar refractivity (Wildman–Crippen MR) is 76.1 cm³/mol. The van der Waals surface area contributed by atoms with E-state index in [1.54, 1.807) is 0 Å². The van der Waals surface area contributed by atoms with Crippen LogP contribution in [-0.2, 0) is 6.54 Å². The van der Waals surface area contributed by atoms with Crippen LogP contribution in [0.2, 0.25) is 0 Å². The maximum absolute atomic E-state index is 3.55. The minimum Gasteiger partial charge on any atom is -0.313 e. The molecule has 2 nitrogen and oxygen atoms in total. The lowest BCUT2D eigenvalue weighted by atomic mass is 10.1. The van der Waals surface area contributed by atoms with Crippen molar-refractivity contribution in [1.29, 1.82) is 0 Å². The van der Waals surface area contributed by atoms with Gasteiger partial charge in [-0.3, -0.25) is 4.90 Å². The quantitative estimate of drug-likeness (QED) is 0.902. The summed E-state index contributed by atoms with van der Waals surface area (Å²) in [6, 6.07) is 9.87. The lowest BCUT2D eigenvalue weighted by Crippen LogP contribution is -2.37. The van der Waals surface area contributed by atoms with E-state index < -0.39 is 0 Å². The number of nitrogens with zero attached hydrogens (tertiary/aromatic N) is 1. The molecule has 0 spiro atoms. The first kappa shape index (κ1) is 13.1. The average Bonchev–Trinajstić information content (AvgIpc) is 2.41. The molecule has 1 fully saturated rings. The minimum atomic E-state index is 0.590. The third-order valence-corrected chi connectivity index (χ3v) is 3.95.